The molecule has 0 aliphatic rings. The van der Waals surface area contributed by atoms with Gasteiger partial charge in [-0.05, 0) is 24.6 Å². The van der Waals surface area contributed by atoms with E-state index in [1.54, 1.807) is 13.3 Å². The van der Waals surface area contributed by atoms with Gasteiger partial charge in [-0.15, -0.1) is 0 Å². The lowest BCUT2D eigenvalue weighted by molar-refractivity contribution is 0.414. The van der Waals surface area contributed by atoms with Gasteiger partial charge in [0.1, 0.15) is 5.75 Å². The van der Waals surface area contributed by atoms with Gasteiger partial charge in [0.15, 0.2) is 0 Å². The maximum absolute atomic E-state index is 5.15. The van der Waals surface area contributed by atoms with E-state index in [2.05, 4.69) is 33.9 Å². The third kappa shape index (κ3) is 2.25. The summed E-state index contributed by atoms with van der Waals surface area (Å²) in [6, 6.07) is 8.33. The van der Waals surface area contributed by atoms with Crippen LogP contribution >= 0.6 is 0 Å². The number of ether oxygens (including phenoxy) is 1. The fourth-order valence-corrected chi connectivity index (χ4v) is 1.86. The zero-order valence-electron chi connectivity index (χ0n) is 10.3. The molecule has 0 aliphatic carbocycles. The van der Waals surface area contributed by atoms with E-state index >= 15 is 0 Å². The summed E-state index contributed by atoms with van der Waals surface area (Å²) in [6.45, 7) is 2.14. The fourth-order valence-electron chi connectivity index (χ4n) is 1.86. The van der Waals surface area contributed by atoms with Crippen LogP contribution in [0.2, 0.25) is 0 Å². The number of hydrogen-bond acceptors (Lipinski definition) is 3. The Labute approximate surface area is 101 Å². The van der Waals surface area contributed by atoms with Gasteiger partial charge in [0.25, 0.3) is 0 Å². The minimum Gasteiger partial charge on any atom is -0.497 e. The molecular formula is C13H17N3O. The molecule has 1 unspecified atom stereocenters. The normalized spacial score (nSPS) is 12.2. The van der Waals surface area contributed by atoms with Crippen molar-refractivity contribution in [1.29, 1.82) is 0 Å². The molecule has 0 aliphatic heterocycles. The van der Waals surface area contributed by atoms with Crippen molar-refractivity contribution in [2.45, 2.75) is 13.0 Å². The summed E-state index contributed by atoms with van der Waals surface area (Å²) in [5.74, 6) is 1.74. The maximum atomic E-state index is 5.15. The Balaban J connectivity index is 2.27. The van der Waals surface area contributed by atoms with Gasteiger partial charge in [0, 0.05) is 19.4 Å². The van der Waals surface area contributed by atoms with Crippen LogP contribution in [0.15, 0.2) is 36.7 Å². The van der Waals surface area contributed by atoms with Crippen LogP contribution in [0.4, 0.5) is 5.95 Å². The average Bonchev–Trinajstić information content (AvgIpc) is 2.86. The number of hydrogen-bond donors (Lipinski definition) is 1. The number of anilines is 1. The Morgan fingerprint density at radius 2 is 2.00 bits per heavy atom. The molecule has 4 nitrogen and oxygen atoms in total. The number of nitrogens with one attached hydrogen (secondary N) is 1. The van der Waals surface area contributed by atoms with Gasteiger partial charge in [-0.2, -0.15) is 0 Å². The highest BCUT2D eigenvalue weighted by Crippen LogP contribution is 2.23. The SMILES string of the molecule is CNc1nccn1C(C)c1ccc(OC)cc1. The van der Waals surface area contributed by atoms with Crippen molar-refractivity contribution in [2.75, 3.05) is 19.5 Å². The highest BCUT2D eigenvalue weighted by atomic mass is 16.5. The molecule has 1 aromatic carbocycles. The maximum Gasteiger partial charge on any atom is 0.203 e. The Hall–Kier alpha value is -1.97. The van der Waals surface area contributed by atoms with Gasteiger partial charge in [-0.25, -0.2) is 4.98 Å². The van der Waals surface area contributed by atoms with E-state index in [-0.39, 0.29) is 6.04 Å². The van der Waals surface area contributed by atoms with Crippen LogP contribution in [0.3, 0.4) is 0 Å². The van der Waals surface area contributed by atoms with Crippen LogP contribution in [0.5, 0.6) is 5.75 Å². The third-order valence-electron chi connectivity index (χ3n) is 2.91. The summed E-state index contributed by atoms with van der Waals surface area (Å²) in [7, 11) is 3.55. The summed E-state index contributed by atoms with van der Waals surface area (Å²) in [5.41, 5.74) is 1.22. The predicted octanol–water partition coefficient (Wildman–Crippen LogP) is 2.54. The summed E-state index contributed by atoms with van der Waals surface area (Å²) in [4.78, 5) is 4.24. The van der Waals surface area contributed by atoms with Crippen LogP contribution in [0.1, 0.15) is 18.5 Å². The van der Waals surface area contributed by atoms with Crippen molar-refractivity contribution in [1.82, 2.24) is 9.55 Å². The van der Waals surface area contributed by atoms with Crippen LogP contribution in [0, 0.1) is 0 Å². The first-order valence-electron chi connectivity index (χ1n) is 5.60. The van der Waals surface area contributed by atoms with Crippen molar-refractivity contribution in [2.24, 2.45) is 0 Å². The standard InChI is InChI=1S/C13H17N3O/c1-10(16-9-8-15-13(16)14-2)11-4-6-12(17-3)7-5-11/h4-10H,1-3H3,(H,14,15). The first kappa shape index (κ1) is 11.5. The molecule has 17 heavy (non-hydrogen) atoms. The molecule has 90 valence electrons. The Morgan fingerprint density at radius 3 is 2.59 bits per heavy atom. The van der Waals surface area contributed by atoms with E-state index in [0.29, 0.717) is 0 Å². The molecule has 0 fully saturated rings. The molecule has 0 radical (unpaired) electrons. The van der Waals surface area contributed by atoms with E-state index in [4.69, 9.17) is 4.74 Å². The number of imidazole rings is 1. The van der Waals surface area contributed by atoms with Gasteiger partial charge >= 0.3 is 0 Å². The molecule has 0 saturated carbocycles. The topological polar surface area (TPSA) is 39.1 Å². The smallest absolute Gasteiger partial charge is 0.203 e. The fraction of sp³-hybridized carbons (Fsp3) is 0.308. The lowest BCUT2D eigenvalue weighted by Gasteiger charge is -2.16. The van der Waals surface area contributed by atoms with Crippen LogP contribution in [-0.4, -0.2) is 23.7 Å². The molecular weight excluding hydrogens is 214 g/mol. The molecule has 2 aromatic rings. The minimum absolute atomic E-state index is 0.242. The first-order valence-corrected chi connectivity index (χ1v) is 5.60. The number of aromatic nitrogens is 2. The molecule has 1 atom stereocenters. The van der Waals surface area contributed by atoms with E-state index in [1.165, 1.54) is 5.56 Å². The van der Waals surface area contributed by atoms with Gasteiger partial charge in [-0.3, -0.25) is 0 Å². The lowest BCUT2D eigenvalue weighted by atomic mass is 10.1. The van der Waals surface area contributed by atoms with E-state index < -0.39 is 0 Å². The molecule has 0 saturated heterocycles. The van der Waals surface area contributed by atoms with Crippen molar-refractivity contribution < 1.29 is 4.74 Å². The number of benzene rings is 1. The van der Waals surface area contributed by atoms with Gasteiger partial charge in [0.05, 0.1) is 13.2 Å². The van der Waals surface area contributed by atoms with Crippen molar-refractivity contribution in [3.05, 3.63) is 42.2 Å². The second kappa shape index (κ2) is 4.91. The van der Waals surface area contributed by atoms with Crippen LogP contribution < -0.4 is 10.1 Å². The van der Waals surface area contributed by atoms with Gasteiger partial charge < -0.3 is 14.6 Å². The van der Waals surface area contributed by atoms with Crippen molar-refractivity contribution >= 4 is 5.95 Å². The van der Waals surface area contributed by atoms with Crippen molar-refractivity contribution in [3.63, 3.8) is 0 Å². The zero-order valence-corrected chi connectivity index (χ0v) is 10.3. The molecule has 0 bridgehead atoms. The number of rotatable bonds is 4. The highest BCUT2D eigenvalue weighted by molar-refractivity contribution is 5.32. The third-order valence-corrected chi connectivity index (χ3v) is 2.91. The molecule has 1 N–H and O–H groups in total. The van der Waals surface area contributed by atoms with Gasteiger partial charge in [-0.1, -0.05) is 12.1 Å². The highest BCUT2D eigenvalue weighted by Gasteiger charge is 2.10. The van der Waals surface area contributed by atoms with E-state index in [9.17, 15) is 0 Å². The number of nitrogens with zero attached hydrogens (tertiary/aromatic N) is 2. The zero-order chi connectivity index (χ0) is 12.3. The summed E-state index contributed by atoms with van der Waals surface area (Å²) >= 11 is 0. The molecule has 4 heteroatoms. The molecule has 2 rings (SSSR count). The quantitative estimate of drug-likeness (QED) is 0.879. The monoisotopic (exact) mass is 231 g/mol. The Morgan fingerprint density at radius 1 is 1.29 bits per heavy atom. The molecule has 0 spiro atoms. The van der Waals surface area contributed by atoms with Gasteiger partial charge in [0.2, 0.25) is 5.95 Å². The average molecular weight is 231 g/mol. The lowest BCUT2D eigenvalue weighted by Crippen LogP contribution is -2.09. The van der Waals surface area contributed by atoms with Crippen LogP contribution in [-0.2, 0) is 0 Å². The van der Waals surface area contributed by atoms with Crippen molar-refractivity contribution in [3.8, 4) is 5.75 Å². The predicted molar refractivity (Wildman–Crippen MR) is 68.6 cm³/mol. The van der Waals surface area contributed by atoms with E-state index in [1.807, 2.05) is 25.4 Å². The second-order valence-electron chi connectivity index (χ2n) is 3.86. The second-order valence-corrected chi connectivity index (χ2v) is 3.86. The van der Waals surface area contributed by atoms with Crippen LogP contribution in [0.25, 0.3) is 0 Å². The Bertz CT molecular complexity index is 476. The number of methoxy groups -OCH3 is 1. The summed E-state index contributed by atoms with van der Waals surface area (Å²) < 4.78 is 7.25. The molecule has 1 heterocycles. The molecule has 0 amide bonds. The molecule has 1 aromatic heterocycles. The Kier molecular flexibility index (Phi) is 3.32. The minimum atomic E-state index is 0.242. The first-order chi connectivity index (χ1) is 8.26. The van der Waals surface area contributed by atoms with E-state index in [0.717, 1.165) is 11.7 Å². The summed E-state index contributed by atoms with van der Waals surface area (Å²) in [5, 5.41) is 3.08. The summed E-state index contributed by atoms with van der Waals surface area (Å²) in [6.07, 6.45) is 3.77. The largest absolute Gasteiger partial charge is 0.497 e.